The molecule has 0 aliphatic heterocycles. The summed E-state index contributed by atoms with van der Waals surface area (Å²) in [6.45, 7) is 0. The smallest absolute Gasteiger partial charge is 0.166 e. The molecule has 0 saturated heterocycles. The summed E-state index contributed by atoms with van der Waals surface area (Å²) < 4.78 is 114. The minimum Gasteiger partial charge on any atom is -0.166 e. The monoisotopic (exact) mass is 386 g/mol. The Kier molecular flexibility index (Phi) is 5.30. The van der Waals surface area contributed by atoms with Crippen molar-refractivity contribution < 1.29 is 39.5 Å². The fourth-order valence-electron chi connectivity index (χ4n) is 2.31. The highest BCUT2D eigenvalue weighted by Crippen LogP contribution is 2.36. The lowest BCUT2D eigenvalue weighted by atomic mass is 9.99. The predicted molar refractivity (Wildman–Crippen MR) is 75.3 cm³/mol. The Balaban J connectivity index is 2.23. The molecule has 2 aromatic carbocycles. The molecule has 2 rings (SSSR count). The standard InChI is InChI=1S/C17H11F9/c18-15(19,20)12-5-3-10(4-6-12)1-2-11-7-13(16(21,22)23)9-14(8-11)17(24,25)26/h3-9H,1-2H2. The van der Waals surface area contributed by atoms with E-state index in [2.05, 4.69) is 0 Å². The average Bonchev–Trinajstić information content (AvgIpc) is 2.50. The van der Waals surface area contributed by atoms with Crippen LogP contribution >= 0.6 is 0 Å². The lowest BCUT2D eigenvalue weighted by Gasteiger charge is -2.14. The molecular formula is C17H11F9. The fourth-order valence-corrected chi connectivity index (χ4v) is 2.31. The largest absolute Gasteiger partial charge is 0.416 e. The zero-order valence-electron chi connectivity index (χ0n) is 12.9. The van der Waals surface area contributed by atoms with Crippen LogP contribution in [0, 0.1) is 0 Å². The van der Waals surface area contributed by atoms with Crippen molar-refractivity contribution in [3.8, 4) is 0 Å². The molecule has 0 spiro atoms. The highest BCUT2D eigenvalue weighted by Gasteiger charge is 2.36. The Bertz CT molecular complexity index is 718. The van der Waals surface area contributed by atoms with Crippen molar-refractivity contribution >= 4 is 0 Å². The van der Waals surface area contributed by atoms with Gasteiger partial charge in [0.25, 0.3) is 0 Å². The van der Waals surface area contributed by atoms with Crippen LogP contribution in [0.5, 0.6) is 0 Å². The van der Waals surface area contributed by atoms with E-state index >= 15 is 0 Å². The zero-order valence-corrected chi connectivity index (χ0v) is 12.9. The van der Waals surface area contributed by atoms with Crippen molar-refractivity contribution in [2.45, 2.75) is 31.4 Å². The van der Waals surface area contributed by atoms with Gasteiger partial charge in [0.05, 0.1) is 16.7 Å². The number of benzene rings is 2. The Labute approximate surface area is 142 Å². The lowest BCUT2D eigenvalue weighted by Crippen LogP contribution is -2.12. The average molecular weight is 386 g/mol. The normalized spacial score (nSPS) is 13.1. The van der Waals surface area contributed by atoms with Crippen LogP contribution in [0.4, 0.5) is 39.5 Å². The van der Waals surface area contributed by atoms with E-state index in [1.54, 1.807) is 0 Å². The van der Waals surface area contributed by atoms with Crippen LogP contribution in [0.3, 0.4) is 0 Å². The maximum atomic E-state index is 12.8. The number of rotatable bonds is 3. The molecule has 0 aromatic heterocycles. The number of hydrogen-bond acceptors (Lipinski definition) is 0. The number of halogens is 9. The second-order valence-corrected chi connectivity index (χ2v) is 5.61. The molecule has 0 aliphatic rings. The van der Waals surface area contributed by atoms with Gasteiger partial charge in [0.1, 0.15) is 0 Å². The first-order valence-corrected chi connectivity index (χ1v) is 7.21. The van der Waals surface area contributed by atoms with Gasteiger partial charge >= 0.3 is 18.5 Å². The summed E-state index contributed by atoms with van der Waals surface area (Å²) >= 11 is 0. The van der Waals surface area contributed by atoms with Gasteiger partial charge in [-0.15, -0.1) is 0 Å². The molecule has 26 heavy (non-hydrogen) atoms. The lowest BCUT2D eigenvalue weighted by molar-refractivity contribution is -0.143. The first kappa shape index (κ1) is 20.1. The van der Waals surface area contributed by atoms with Gasteiger partial charge in [-0.2, -0.15) is 39.5 Å². The highest BCUT2D eigenvalue weighted by molar-refractivity contribution is 5.34. The van der Waals surface area contributed by atoms with Crippen molar-refractivity contribution in [1.29, 1.82) is 0 Å². The Morgan fingerprint density at radius 1 is 0.462 bits per heavy atom. The molecule has 0 radical (unpaired) electrons. The van der Waals surface area contributed by atoms with Gasteiger partial charge in [-0.05, 0) is 54.3 Å². The maximum absolute atomic E-state index is 12.8. The predicted octanol–water partition coefficient (Wildman–Crippen LogP) is 6.53. The molecule has 0 saturated carbocycles. The van der Waals surface area contributed by atoms with Gasteiger partial charge in [0, 0.05) is 0 Å². The van der Waals surface area contributed by atoms with Gasteiger partial charge in [0.2, 0.25) is 0 Å². The molecule has 0 N–H and O–H groups in total. The third-order valence-corrected chi connectivity index (χ3v) is 3.63. The van der Waals surface area contributed by atoms with E-state index < -0.39 is 35.2 Å². The molecule has 0 bridgehead atoms. The van der Waals surface area contributed by atoms with Crippen LogP contribution in [0.1, 0.15) is 27.8 Å². The fraction of sp³-hybridized carbons (Fsp3) is 0.294. The van der Waals surface area contributed by atoms with Crippen molar-refractivity contribution in [3.05, 3.63) is 70.3 Å². The van der Waals surface area contributed by atoms with E-state index in [4.69, 9.17) is 0 Å². The van der Waals surface area contributed by atoms with Crippen molar-refractivity contribution in [2.75, 3.05) is 0 Å². The van der Waals surface area contributed by atoms with E-state index in [9.17, 15) is 39.5 Å². The quantitative estimate of drug-likeness (QED) is 0.527. The minimum absolute atomic E-state index is 0.00323. The van der Waals surface area contributed by atoms with E-state index in [1.165, 1.54) is 0 Å². The molecule has 0 nitrogen and oxygen atoms in total. The van der Waals surface area contributed by atoms with Crippen LogP contribution in [0.2, 0.25) is 0 Å². The van der Waals surface area contributed by atoms with E-state index in [1.807, 2.05) is 0 Å². The van der Waals surface area contributed by atoms with Gasteiger partial charge < -0.3 is 0 Å². The maximum Gasteiger partial charge on any atom is 0.416 e. The summed E-state index contributed by atoms with van der Waals surface area (Å²) in [5.41, 5.74) is -3.57. The van der Waals surface area contributed by atoms with Crippen LogP contribution < -0.4 is 0 Å². The van der Waals surface area contributed by atoms with Crippen molar-refractivity contribution in [1.82, 2.24) is 0 Å². The number of aryl methyl sites for hydroxylation is 2. The SMILES string of the molecule is FC(F)(F)c1ccc(CCc2cc(C(F)(F)F)cc(C(F)(F)F)c2)cc1. The first-order valence-electron chi connectivity index (χ1n) is 7.21. The molecule has 9 heteroatoms. The van der Waals surface area contributed by atoms with Gasteiger partial charge in [0.15, 0.2) is 0 Å². The Morgan fingerprint density at radius 2 is 0.846 bits per heavy atom. The Morgan fingerprint density at radius 3 is 1.23 bits per heavy atom. The second-order valence-electron chi connectivity index (χ2n) is 5.61. The van der Waals surface area contributed by atoms with Gasteiger partial charge in [-0.1, -0.05) is 12.1 Å². The Hall–Kier alpha value is -2.19. The summed E-state index contributed by atoms with van der Waals surface area (Å²) in [6, 6.07) is 5.15. The summed E-state index contributed by atoms with van der Waals surface area (Å²) in [4.78, 5) is 0. The molecular weight excluding hydrogens is 375 g/mol. The van der Waals surface area contributed by atoms with Crippen molar-refractivity contribution in [3.63, 3.8) is 0 Å². The molecule has 0 atom stereocenters. The third-order valence-electron chi connectivity index (χ3n) is 3.63. The minimum atomic E-state index is -4.94. The summed E-state index contributed by atoms with van der Waals surface area (Å²) in [6.07, 6.45) is -14.6. The molecule has 0 aliphatic carbocycles. The molecule has 142 valence electrons. The second kappa shape index (κ2) is 6.85. The van der Waals surface area contributed by atoms with Gasteiger partial charge in [-0.25, -0.2) is 0 Å². The summed E-state index contributed by atoms with van der Waals surface area (Å²) in [5.74, 6) is 0. The van der Waals surface area contributed by atoms with Crippen LogP contribution in [0.25, 0.3) is 0 Å². The highest BCUT2D eigenvalue weighted by atomic mass is 19.4. The summed E-state index contributed by atoms with van der Waals surface area (Å²) in [7, 11) is 0. The molecule has 0 unspecified atom stereocenters. The zero-order chi connectivity index (χ0) is 19.8. The van der Waals surface area contributed by atoms with Crippen LogP contribution in [0.15, 0.2) is 42.5 Å². The number of alkyl halides is 9. The third kappa shape index (κ3) is 5.15. The first-order chi connectivity index (χ1) is 11.8. The van der Waals surface area contributed by atoms with E-state index in [0.29, 0.717) is 17.7 Å². The molecule has 0 heterocycles. The topological polar surface area (TPSA) is 0 Å². The summed E-state index contributed by atoms with van der Waals surface area (Å²) in [5, 5.41) is 0. The van der Waals surface area contributed by atoms with Crippen molar-refractivity contribution in [2.24, 2.45) is 0 Å². The van der Waals surface area contributed by atoms with Crippen LogP contribution in [-0.4, -0.2) is 0 Å². The molecule has 0 amide bonds. The van der Waals surface area contributed by atoms with Gasteiger partial charge in [-0.3, -0.25) is 0 Å². The van der Waals surface area contributed by atoms with E-state index in [0.717, 1.165) is 24.3 Å². The van der Waals surface area contributed by atoms with E-state index in [-0.39, 0.29) is 24.5 Å². The molecule has 2 aromatic rings. The van der Waals surface area contributed by atoms with Crippen LogP contribution in [-0.2, 0) is 31.4 Å². The number of hydrogen-bond donors (Lipinski definition) is 0. The molecule has 0 fully saturated rings.